The predicted molar refractivity (Wildman–Crippen MR) is 69.0 cm³/mol. The lowest BCUT2D eigenvalue weighted by Gasteiger charge is -2.24. The summed E-state index contributed by atoms with van der Waals surface area (Å²) in [5.41, 5.74) is 5.41. The Kier molecular flexibility index (Phi) is 8.19. The molecule has 100 valence electrons. The van der Waals surface area contributed by atoms with Crippen LogP contribution in [0.15, 0.2) is 5.16 Å². The van der Waals surface area contributed by atoms with Gasteiger partial charge in [0.25, 0.3) is 0 Å². The molecule has 0 radical (unpaired) electrons. The summed E-state index contributed by atoms with van der Waals surface area (Å²) in [6.07, 6.45) is 5.36. The van der Waals surface area contributed by atoms with Crippen LogP contribution in [-0.4, -0.2) is 34.9 Å². The fraction of sp³-hybridized carbons (Fsp3) is 0.833. The molecule has 0 spiro atoms. The van der Waals surface area contributed by atoms with Crippen LogP contribution in [0.2, 0.25) is 0 Å². The monoisotopic (exact) mass is 243 g/mol. The van der Waals surface area contributed by atoms with E-state index in [2.05, 4.69) is 12.1 Å². The minimum Gasteiger partial charge on any atom is -0.409 e. The molecule has 0 aliphatic rings. The number of carbonyl (C=O) groups is 1. The molecule has 0 saturated carbocycles. The zero-order valence-corrected chi connectivity index (χ0v) is 11.1. The number of rotatable bonds is 8. The molecule has 0 aliphatic carbocycles. The maximum atomic E-state index is 11.8. The third kappa shape index (κ3) is 6.81. The lowest BCUT2D eigenvalue weighted by molar-refractivity contribution is -0.131. The number of hydrogen-bond donors (Lipinski definition) is 2. The number of nitrogens with two attached hydrogens (primary N) is 1. The molecule has 0 saturated heterocycles. The van der Waals surface area contributed by atoms with Gasteiger partial charge in [-0.25, -0.2) is 0 Å². The van der Waals surface area contributed by atoms with Crippen LogP contribution in [0.3, 0.4) is 0 Å². The predicted octanol–water partition coefficient (Wildman–Crippen LogP) is 1.94. The summed E-state index contributed by atoms with van der Waals surface area (Å²) in [7, 11) is 1.76. The number of amidine groups is 1. The molecule has 0 aromatic heterocycles. The molecular formula is C12H25N3O2. The Morgan fingerprint density at radius 1 is 1.41 bits per heavy atom. The highest BCUT2D eigenvalue weighted by Gasteiger charge is 2.16. The molecular weight excluding hydrogens is 218 g/mol. The molecule has 0 aromatic carbocycles. The van der Waals surface area contributed by atoms with E-state index in [0.717, 1.165) is 12.8 Å². The SMILES string of the molecule is CCCCCCC(=O)N(C)C(C)CC(N)=NO. The van der Waals surface area contributed by atoms with Crippen molar-refractivity contribution in [2.24, 2.45) is 10.9 Å². The summed E-state index contributed by atoms with van der Waals surface area (Å²) >= 11 is 0. The first-order chi connectivity index (χ1) is 8.02. The summed E-state index contributed by atoms with van der Waals surface area (Å²) < 4.78 is 0. The normalized spacial score (nSPS) is 13.5. The van der Waals surface area contributed by atoms with Gasteiger partial charge in [-0.05, 0) is 13.3 Å². The summed E-state index contributed by atoms with van der Waals surface area (Å²) in [6, 6.07) is -0.0374. The van der Waals surface area contributed by atoms with Crippen LogP contribution in [0.4, 0.5) is 0 Å². The third-order valence-corrected chi connectivity index (χ3v) is 2.93. The van der Waals surface area contributed by atoms with Crippen molar-refractivity contribution >= 4 is 11.7 Å². The van der Waals surface area contributed by atoms with Gasteiger partial charge in [0, 0.05) is 25.9 Å². The van der Waals surface area contributed by atoms with Crippen LogP contribution in [-0.2, 0) is 4.79 Å². The van der Waals surface area contributed by atoms with Crippen molar-refractivity contribution in [1.29, 1.82) is 0 Å². The average molecular weight is 243 g/mol. The van der Waals surface area contributed by atoms with Gasteiger partial charge in [-0.1, -0.05) is 31.3 Å². The molecule has 0 fully saturated rings. The third-order valence-electron chi connectivity index (χ3n) is 2.93. The topological polar surface area (TPSA) is 78.9 Å². The molecule has 5 heteroatoms. The highest BCUT2D eigenvalue weighted by atomic mass is 16.4. The molecule has 17 heavy (non-hydrogen) atoms. The van der Waals surface area contributed by atoms with E-state index in [9.17, 15) is 4.79 Å². The standard InChI is InChI=1S/C12H25N3O2/c1-4-5-6-7-8-12(16)15(3)10(2)9-11(13)14-17/h10,17H,4-9H2,1-3H3,(H2,13,14). The molecule has 3 N–H and O–H groups in total. The zero-order valence-electron chi connectivity index (χ0n) is 11.1. The van der Waals surface area contributed by atoms with Crippen LogP contribution in [0.25, 0.3) is 0 Å². The van der Waals surface area contributed by atoms with E-state index in [1.54, 1.807) is 11.9 Å². The van der Waals surface area contributed by atoms with Gasteiger partial charge in [-0.3, -0.25) is 4.79 Å². The first-order valence-corrected chi connectivity index (χ1v) is 6.25. The van der Waals surface area contributed by atoms with E-state index in [4.69, 9.17) is 10.9 Å². The lowest BCUT2D eigenvalue weighted by atomic mass is 10.1. The van der Waals surface area contributed by atoms with E-state index in [1.165, 1.54) is 12.8 Å². The molecule has 0 rings (SSSR count). The number of unbranched alkanes of at least 4 members (excludes halogenated alkanes) is 3. The quantitative estimate of drug-likeness (QED) is 0.225. The number of hydrogen-bond acceptors (Lipinski definition) is 3. The number of nitrogens with zero attached hydrogens (tertiary/aromatic N) is 2. The first kappa shape index (κ1) is 15.7. The summed E-state index contributed by atoms with van der Waals surface area (Å²) in [4.78, 5) is 13.5. The number of carbonyl (C=O) groups excluding carboxylic acids is 1. The molecule has 5 nitrogen and oxygen atoms in total. The van der Waals surface area contributed by atoms with Crippen molar-refractivity contribution in [2.75, 3.05) is 7.05 Å². The Bertz CT molecular complexity index is 254. The van der Waals surface area contributed by atoms with Crippen LogP contribution in [0.5, 0.6) is 0 Å². The highest BCUT2D eigenvalue weighted by Crippen LogP contribution is 2.08. The van der Waals surface area contributed by atoms with Gasteiger partial charge in [0.1, 0.15) is 5.84 Å². The Balaban J connectivity index is 3.94. The van der Waals surface area contributed by atoms with E-state index >= 15 is 0 Å². The number of amides is 1. The van der Waals surface area contributed by atoms with E-state index in [1.807, 2.05) is 6.92 Å². The van der Waals surface area contributed by atoms with Crippen molar-refractivity contribution in [3.8, 4) is 0 Å². The summed E-state index contributed by atoms with van der Waals surface area (Å²) in [5, 5.41) is 11.4. The molecule has 1 unspecified atom stereocenters. The molecule has 1 atom stereocenters. The Hall–Kier alpha value is -1.26. The van der Waals surface area contributed by atoms with Crippen LogP contribution < -0.4 is 5.73 Å². The minimum absolute atomic E-state index is 0.0374. The maximum Gasteiger partial charge on any atom is 0.222 e. The highest BCUT2D eigenvalue weighted by molar-refractivity contribution is 5.81. The Labute approximate surface area is 104 Å². The average Bonchev–Trinajstić information content (AvgIpc) is 2.33. The molecule has 0 aromatic rings. The van der Waals surface area contributed by atoms with Gasteiger partial charge >= 0.3 is 0 Å². The van der Waals surface area contributed by atoms with Gasteiger partial charge < -0.3 is 15.8 Å². The second kappa shape index (κ2) is 8.84. The summed E-state index contributed by atoms with van der Waals surface area (Å²) in [6.45, 7) is 4.04. The lowest BCUT2D eigenvalue weighted by Crippen LogP contribution is -2.37. The molecule has 0 aliphatic heterocycles. The largest absolute Gasteiger partial charge is 0.409 e. The zero-order chi connectivity index (χ0) is 13.3. The smallest absolute Gasteiger partial charge is 0.222 e. The van der Waals surface area contributed by atoms with Gasteiger partial charge in [0.05, 0.1) is 0 Å². The van der Waals surface area contributed by atoms with E-state index in [0.29, 0.717) is 12.8 Å². The van der Waals surface area contributed by atoms with E-state index < -0.39 is 0 Å². The van der Waals surface area contributed by atoms with Crippen molar-refractivity contribution < 1.29 is 10.0 Å². The second-order valence-electron chi connectivity index (χ2n) is 4.46. The molecule has 0 bridgehead atoms. The van der Waals surface area contributed by atoms with Crippen molar-refractivity contribution in [1.82, 2.24) is 4.90 Å². The maximum absolute atomic E-state index is 11.8. The molecule has 1 amide bonds. The van der Waals surface area contributed by atoms with Gasteiger partial charge in [-0.15, -0.1) is 0 Å². The Morgan fingerprint density at radius 3 is 2.59 bits per heavy atom. The fourth-order valence-electron chi connectivity index (χ4n) is 1.61. The van der Waals surface area contributed by atoms with Crippen LogP contribution in [0.1, 0.15) is 52.4 Å². The van der Waals surface area contributed by atoms with Crippen molar-refractivity contribution in [3.05, 3.63) is 0 Å². The minimum atomic E-state index is -0.0374. The molecule has 0 heterocycles. The summed E-state index contributed by atoms with van der Waals surface area (Å²) in [5.74, 6) is 0.280. The Morgan fingerprint density at radius 2 is 2.06 bits per heavy atom. The van der Waals surface area contributed by atoms with Crippen molar-refractivity contribution in [3.63, 3.8) is 0 Å². The number of oxime groups is 1. The van der Waals surface area contributed by atoms with Gasteiger partial charge in [-0.2, -0.15) is 0 Å². The fourth-order valence-corrected chi connectivity index (χ4v) is 1.61. The van der Waals surface area contributed by atoms with Crippen LogP contribution >= 0.6 is 0 Å². The van der Waals surface area contributed by atoms with Gasteiger partial charge in [0.15, 0.2) is 0 Å². The second-order valence-corrected chi connectivity index (χ2v) is 4.46. The van der Waals surface area contributed by atoms with Gasteiger partial charge in [0.2, 0.25) is 5.91 Å². The first-order valence-electron chi connectivity index (χ1n) is 6.25. The van der Waals surface area contributed by atoms with Crippen molar-refractivity contribution in [2.45, 2.75) is 58.4 Å². The van der Waals surface area contributed by atoms with Crippen LogP contribution in [0, 0.1) is 0 Å². The van der Waals surface area contributed by atoms with E-state index in [-0.39, 0.29) is 17.8 Å².